The first-order valence-corrected chi connectivity index (χ1v) is 18.2. The lowest BCUT2D eigenvalue weighted by Gasteiger charge is -2.45. The third-order valence-corrected chi connectivity index (χ3v) is 10.9. The van der Waals surface area contributed by atoms with Gasteiger partial charge in [-0.25, -0.2) is 15.0 Å². The summed E-state index contributed by atoms with van der Waals surface area (Å²) in [4.78, 5) is 17.0. The number of benzene rings is 7. The fourth-order valence-electron chi connectivity index (χ4n) is 8.55. The van der Waals surface area contributed by atoms with Gasteiger partial charge in [-0.15, -0.1) is 0 Å². The van der Waals surface area contributed by atoms with Gasteiger partial charge >= 0.3 is 0 Å². The van der Waals surface area contributed by atoms with Gasteiger partial charge < -0.3 is 4.90 Å². The number of nitrogens with zero attached hydrogens (tertiary/aromatic N) is 5. The molecule has 1 aliphatic heterocycles. The Labute approximate surface area is 314 Å². The molecule has 1 spiro atoms. The lowest BCUT2D eigenvalue weighted by Crippen LogP contribution is -2.36. The van der Waals surface area contributed by atoms with E-state index in [2.05, 4.69) is 116 Å². The second-order valence-corrected chi connectivity index (χ2v) is 14.1. The molecule has 0 atom stereocenters. The summed E-state index contributed by atoms with van der Waals surface area (Å²) in [5.74, 6) is 1.56. The van der Waals surface area contributed by atoms with Crippen LogP contribution in [0.3, 0.4) is 0 Å². The van der Waals surface area contributed by atoms with E-state index < -0.39 is 5.41 Å². The van der Waals surface area contributed by atoms with Crippen LogP contribution in [0.15, 0.2) is 164 Å². The van der Waals surface area contributed by atoms with E-state index in [4.69, 9.17) is 15.0 Å². The van der Waals surface area contributed by atoms with Crippen LogP contribution < -0.4 is 4.90 Å². The molecule has 0 saturated heterocycles. The number of hydrogen-bond acceptors (Lipinski definition) is 5. The maximum atomic E-state index is 10.8. The van der Waals surface area contributed by atoms with Gasteiger partial charge in [-0.05, 0) is 77.6 Å². The van der Waals surface area contributed by atoms with Gasteiger partial charge in [-0.1, -0.05) is 145 Å². The highest BCUT2D eigenvalue weighted by Crippen LogP contribution is 2.63. The Morgan fingerprint density at radius 3 is 1.46 bits per heavy atom. The Morgan fingerprint density at radius 1 is 0.463 bits per heavy atom. The maximum absolute atomic E-state index is 10.8. The molecule has 0 fully saturated rings. The molecule has 0 amide bonds. The van der Waals surface area contributed by atoms with Gasteiger partial charge in [0, 0.05) is 22.4 Å². The van der Waals surface area contributed by atoms with Gasteiger partial charge in [0.15, 0.2) is 17.5 Å². The summed E-state index contributed by atoms with van der Waals surface area (Å²) < 4.78 is 0. The predicted octanol–water partition coefficient (Wildman–Crippen LogP) is 11.5. The number of aromatic nitrogens is 3. The summed E-state index contributed by atoms with van der Waals surface area (Å²) in [7, 11) is 0. The van der Waals surface area contributed by atoms with Crippen molar-refractivity contribution in [2.75, 3.05) is 4.90 Å². The third kappa shape index (κ3) is 4.67. The molecule has 0 bridgehead atoms. The molecule has 5 heteroatoms. The molecule has 254 valence electrons. The number of para-hydroxylation sites is 2. The van der Waals surface area contributed by atoms with E-state index in [1.165, 1.54) is 44.5 Å². The number of fused-ring (bicyclic) bond motifs is 9. The van der Waals surface area contributed by atoms with Crippen LogP contribution in [0, 0.1) is 25.2 Å². The molecule has 0 radical (unpaired) electrons. The molecular weight excluding hydrogens is 659 g/mol. The van der Waals surface area contributed by atoms with Crippen LogP contribution in [-0.4, -0.2) is 15.0 Å². The van der Waals surface area contributed by atoms with Crippen molar-refractivity contribution in [3.8, 4) is 51.4 Å². The Hall–Kier alpha value is -7.16. The molecule has 1 aromatic heterocycles. The first-order chi connectivity index (χ1) is 26.5. The average Bonchev–Trinajstić information content (AvgIpc) is 3.50. The quantitative estimate of drug-likeness (QED) is 0.184. The fraction of sp³-hybridized carbons (Fsp3) is 0.0612. The van der Waals surface area contributed by atoms with E-state index in [9.17, 15) is 5.26 Å². The van der Waals surface area contributed by atoms with E-state index in [1.807, 2.05) is 72.8 Å². The topological polar surface area (TPSA) is 65.7 Å². The second-order valence-electron chi connectivity index (χ2n) is 14.1. The molecule has 1 aliphatic carbocycles. The molecule has 0 unspecified atom stereocenters. The number of hydrogen-bond donors (Lipinski definition) is 0. The van der Waals surface area contributed by atoms with Gasteiger partial charge in [0.2, 0.25) is 0 Å². The molecular formula is C49H33N5. The van der Waals surface area contributed by atoms with Crippen LogP contribution in [0.4, 0.5) is 17.1 Å². The van der Waals surface area contributed by atoms with Crippen molar-refractivity contribution in [3.63, 3.8) is 0 Å². The van der Waals surface area contributed by atoms with Crippen molar-refractivity contribution in [1.29, 1.82) is 5.26 Å². The largest absolute Gasteiger partial charge is 0.310 e. The summed E-state index contributed by atoms with van der Waals surface area (Å²) in [6.45, 7) is 4.34. The van der Waals surface area contributed by atoms with Gasteiger partial charge in [0.25, 0.3) is 0 Å². The van der Waals surface area contributed by atoms with Crippen LogP contribution in [0.5, 0.6) is 0 Å². The van der Waals surface area contributed by atoms with Gasteiger partial charge in [-0.2, -0.15) is 5.26 Å². The van der Waals surface area contributed by atoms with E-state index >= 15 is 0 Å². The smallest absolute Gasteiger partial charge is 0.165 e. The standard InChI is InChI=1S/C49H33N5/c1-31-21-25-40-38(27-31)39-28-32(2)22-26-41(39)49(40)42-17-9-11-19-44(42)54(45-20-12-10-18-43(45)49)36-23-24-37(35(29-36)30-50)48-52-46(33-13-5-3-6-14-33)51-47(53-48)34-15-7-4-8-16-34/h3-29H,1-2H3. The summed E-state index contributed by atoms with van der Waals surface area (Å²) in [5, 5.41) is 10.8. The van der Waals surface area contributed by atoms with E-state index in [0.29, 0.717) is 28.6 Å². The molecule has 7 aromatic carbocycles. The summed E-state index contributed by atoms with van der Waals surface area (Å²) in [6, 6.07) is 59.6. The zero-order chi connectivity index (χ0) is 36.4. The normalized spacial score (nSPS) is 13.1. The van der Waals surface area contributed by atoms with Crippen molar-refractivity contribution in [1.82, 2.24) is 15.0 Å². The predicted molar refractivity (Wildman–Crippen MR) is 216 cm³/mol. The van der Waals surface area contributed by atoms with Crippen molar-refractivity contribution < 1.29 is 0 Å². The molecule has 8 aromatic rings. The molecule has 5 nitrogen and oxygen atoms in total. The highest BCUT2D eigenvalue weighted by atomic mass is 15.2. The van der Waals surface area contributed by atoms with Crippen LogP contribution in [0.1, 0.15) is 38.9 Å². The minimum atomic E-state index is -0.514. The zero-order valence-corrected chi connectivity index (χ0v) is 29.8. The lowest BCUT2D eigenvalue weighted by atomic mass is 9.64. The highest BCUT2D eigenvalue weighted by Gasteiger charge is 2.51. The highest BCUT2D eigenvalue weighted by molar-refractivity contribution is 5.96. The molecule has 2 heterocycles. The van der Waals surface area contributed by atoms with Gasteiger partial charge in [-0.3, -0.25) is 0 Å². The van der Waals surface area contributed by atoms with E-state index in [-0.39, 0.29) is 0 Å². The van der Waals surface area contributed by atoms with Crippen LogP contribution in [-0.2, 0) is 5.41 Å². The summed E-state index contributed by atoms with van der Waals surface area (Å²) >= 11 is 0. The third-order valence-electron chi connectivity index (χ3n) is 10.9. The molecule has 0 N–H and O–H groups in total. The van der Waals surface area contributed by atoms with Gasteiger partial charge in [0.05, 0.1) is 28.4 Å². The Kier molecular flexibility index (Phi) is 7.14. The van der Waals surface area contributed by atoms with Crippen LogP contribution in [0.25, 0.3) is 45.3 Å². The Morgan fingerprint density at radius 2 is 0.944 bits per heavy atom. The molecule has 2 aliphatic rings. The molecule has 10 rings (SSSR count). The van der Waals surface area contributed by atoms with Crippen molar-refractivity contribution in [2.24, 2.45) is 0 Å². The fourth-order valence-corrected chi connectivity index (χ4v) is 8.55. The van der Waals surface area contributed by atoms with Crippen molar-refractivity contribution >= 4 is 17.1 Å². The van der Waals surface area contributed by atoms with E-state index in [0.717, 1.165) is 28.2 Å². The monoisotopic (exact) mass is 691 g/mol. The summed E-state index contributed by atoms with van der Waals surface area (Å²) in [6.07, 6.45) is 0. The average molecular weight is 692 g/mol. The van der Waals surface area contributed by atoms with Crippen LogP contribution >= 0.6 is 0 Å². The van der Waals surface area contributed by atoms with Crippen LogP contribution in [0.2, 0.25) is 0 Å². The SMILES string of the molecule is Cc1ccc2c(c1)-c1cc(C)ccc1C21c2ccccc2N(c2ccc(-c3nc(-c4ccccc4)nc(-c4ccccc4)n3)c(C#N)c2)c2ccccc21. The van der Waals surface area contributed by atoms with Crippen molar-refractivity contribution in [2.45, 2.75) is 19.3 Å². The van der Waals surface area contributed by atoms with Gasteiger partial charge in [0.1, 0.15) is 0 Å². The number of aryl methyl sites for hydroxylation is 2. The van der Waals surface area contributed by atoms with E-state index in [1.54, 1.807) is 0 Å². The number of rotatable bonds is 4. The first kappa shape index (κ1) is 31.6. The lowest BCUT2D eigenvalue weighted by molar-refractivity contribution is 0.752. The Bertz CT molecular complexity index is 2660. The Balaban J connectivity index is 1.17. The minimum absolute atomic E-state index is 0.453. The minimum Gasteiger partial charge on any atom is -0.310 e. The maximum Gasteiger partial charge on any atom is 0.165 e. The number of nitriles is 1. The van der Waals surface area contributed by atoms with Crippen molar-refractivity contribution in [3.05, 3.63) is 203 Å². The molecule has 0 saturated carbocycles. The molecule has 54 heavy (non-hydrogen) atoms. The first-order valence-electron chi connectivity index (χ1n) is 18.2. The summed E-state index contributed by atoms with van der Waals surface area (Å²) in [5.41, 5.74) is 15.5. The second kappa shape index (κ2) is 12.2. The number of anilines is 3. The zero-order valence-electron chi connectivity index (χ0n) is 29.8.